The Balaban J connectivity index is 2.15. The van der Waals surface area contributed by atoms with Crippen LogP contribution in [0.15, 0.2) is 42.5 Å². The van der Waals surface area contributed by atoms with Crippen LogP contribution in [0.4, 0.5) is 4.39 Å². The third kappa shape index (κ3) is 3.55. The number of benzene rings is 2. The number of hydrogen-bond acceptors (Lipinski definition) is 2. The van der Waals surface area contributed by atoms with Crippen molar-refractivity contribution >= 4 is 15.9 Å². The number of nitriles is 1. The summed E-state index contributed by atoms with van der Waals surface area (Å²) in [5.74, 6) is 0.128. The minimum absolute atomic E-state index is 0.245. The summed E-state index contributed by atoms with van der Waals surface area (Å²) in [7, 11) is 0. The zero-order chi connectivity index (χ0) is 13.7. The molecule has 2 aromatic carbocycles. The monoisotopic (exact) mass is 319 g/mol. The van der Waals surface area contributed by atoms with E-state index in [0.717, 1.165) is 11.1 Å². The number of rotatable bonds is 4. The molecule has 2 aromatic rings. The summed E-state index contributed by atoms with van der Waals surface area (Å²) in [6, 6.07) is 13.9. The van der Waals surface area contributed by atoms with Gasteiger partial charge in [0.05, 0.1) is 11.6 Å². The van der Waals surface area contributed by atoms with Crippen LogP contribution in [0, 0.1) is 17.1 Å². The number of alkyl halides is 1. The number of nitrogens with zero attached hydrogens (tertiary/aromatic N) is 1. The van der Waals surface area contributed by atoms with E-state index in [0.29, 0.717) is 16.6 Å². The molecule has 0 radical (unpaired) electrons. The van der Waals surface area contributed by atoms with E-state index in [9.17, 15) is 4.39 Å². The van der Waals surface area contributed by atoms with Gasteiger partial charge in [0, 0.05) is 17.0 Å². The van der Waals surface area contributed by atoms with Crippen molar-refractivity contribution in [1.29, 1.82) is 5.26 Å². The summed E-state index contributed by atoms with van der Waals surface area (Å²) in [6.45, 7) is 0.245. The van der Waals surface area contributed by atoms with Gasteiger partial charge in [0.1, 0.15) is 18.2 Å². The molecule has 0 N–H and O–H groups in total. The van der Waals surface area contributed by atoms with Crippen LogP contribution in [0.2, 0.25) is 0 Å². The standard InChI is InChI=1S/C15H11BrFNO/c16-8-11-5-14(17)7-15(6-11)19-10-13-4-2-1-3-12(13)9-18/h1-7H,8,10H2. The van der Waals surface area contributed by atoms with Gasteiger partial charge in [-0.1, -0.05) is 34.1 Å². The maximum Gasteiger partial charge on any atom is 0.127 e. The molecule has 0 aliphatic carbocycles. The molecular weight excluding hydrogens is 309 g/mol. The van der Waals surface area contributed by atoms with Crippen molar-refractivity contribution in [3.8, 4) is 11.8 Å². The summed E-state index contributed by atoms with van der Waals surface area (Å²) >= 11 is 3.28. The summed E-state index contributed by atoms with van der Waals surface area (Å²) in [4.78, 5) is 0. The van der Waals surface area contributed by atoms with Crippen molar-refractivity contribution in [3.05, 3.63) is 65.0 Å². The quantitative estimate of drug-likeness (QED) is 0.792. The molecule has 0 fully saturated rings. The van der Waals surface area contributed by atoms with Gasteiger partial charge >= 0.3 is 0 Å². The van der Waals surface area contributed by atoms with Crippen LogP contribution in [0.5, 0.6) is 5.75 Å². The van der Waals surface area contributed by atoms with Crippen LogP contribution in [0.3, 0.4) is 0 Å². The Morgan fingerprint density at radius 3 is 2.74 bits per heavy atom. The van der Waals surface area contributed by atoms with E-state index in [1.807, 2.05) is 12.1 Å². The maximum atomic E-state index is 13.3. The second-order valence-corrected chi connectivity index (χ2v) is 4.55. The lowest BCUT2D eigenvalue weighted by molar-refractivity contribution is 0.304. The smallest absolute Gasteiger partial charge is 0.127 e. The molecule has 0 aliphatic heterocycles. The van der Waals surface area contributed by atoms with Gasteiger partial charge in [0.2, 0.25) is 0 Å². The lowest BCUT2D eigenvalue weighted by Gasteiger charge is -2.09. The second kappa shape index (κ2) is 6.35. The molecule has 0 saturated carbocycles. The molecule has 19 heavy (non-hydrogen) atoms. The van der Waals surface area contributed by atoms with E-state index in [2.05, 4.69) is 22.0 Å². The highest BCUT2D eigenvalue weighted by Crippen LogP contribution is 2.20. The van der Waals surface area contributed by atoms with Gasteiger partial charge in [-0.3, -0.25) is 0 Å². The third-order valence-corrected chi connectivity index (χ3v) is 3.27. The summed E-state index contributed by atoms with van der Waals surface area (Å²) in [6.07, 6.45) is 0. The zero-order valence-corrected chi connectivity index (χ0v) is 11.7. The van der Waals surface area contributed by atoms with Crippen LogP contribution in [0.1, 0.15) is 16.7 Å². The van der Waals surface area contributed by atoms with E-state index in [1.165, 1.54) is 12.1 Å². The Kier molecular flexibility index (Phi) is 4.53. The van der Waals surface area contributed by atoms with Crippen LogP contribution in [-0.2, 0) is 11.9 Å². The molecule has 2 nitrogen and oxygen atoms in total. The Hall–Kier alpha value is -1.86. The van der Waals surface area contributed by atoms with Gasteiger partial charge < -0.3 is 4.74 Å². The molecular formula is C15H11BrFNO. The molecule has 0 unspecified atom stereocenters. The molecule has 0 aromatic heterocycles. The van der Waals surface area contributed by atoms with Gasteiger partial charge in [-0.05, 0) is 23.8 Å². The summed E-state index contributed by atoms with van der Waals surface area (Å²) in [5.41, 5.74) is 2.16. The third-order valence-electron chi connectivity index (χ3n) is 2.62. The van der Waals surface area contributed by atoms with Gasteiger partial charge in [0.15, 0.2) is 0 Å². The minimum Gasteiger partial charge on any atom is -0.489 e. The topological polar surface area (TPSA) is 33.0 Å². The van der Waals surface area contributed by atoms with Gasteiger partial charge in [0.25, 0.3) is 0 Å². The predicted molar refractivity (Wildman–Crippen MR) is 74.5 cm³/mol. The SMILES string of the molecule is N#Cc1ccccc1COc1cc(F)cc(CBr)c1. The highest BCUT2D eigenvalue weighted by Gasteiger charge is 2.04. The van der Waals surface area contributed by atoms with Crippen molar-refractivity contribution in [2.75, 3.05) is 0 Å². The number of hydrogen-bond donors (Lipinski definition) is 0. The van der Waals surface area contributed by atoms with Crippen LogP contribution in [0.25, 0.3) is 0 Å². The van der Waals surface area contributed by atoms with E-state index >= 15 is 0 Å². The van der Waals surface area contributed by atoms with Crippen molar-refractivity contribution in [2.45, 2.75) is 11.9 Å². The van der Waals surface area contributed by atoms with Crippen molar-refractivity contribution in [2.24, 2.45) is 0 Å². The minimum atomic E-state index is -0.333. The fraction of sp³-hybridized carbons (Fsp3) is 0.133. The molecule has 0 aliphatic rings. The average Bonchev–Trinajstić information content (AvgIpc) is 2.44. The molecule has 2 rings (SSSR count). The Bertz CT molecular complexity index is 622. The molecule has 0 spiro atoms. The van der Waals surface area contributed by atoms with E-state index < -0.39 is 0 Å². The molecule has 0 amide bonds. The summed E-state index contributed by atoms with van der Waals surface area (Å²) < 4.78 is 18.9. The molecule has 0 heterocycles. The first kappa shape index (κ1) is 13.6. The predicted octanol–water partition coefficient (Wildman–Crippen LogP) is 4.17. The van der Waals surface area contributed by atoms with Crippen LogP contribution in [-0.4, -0.2) is 0 Å². The molecule has 4 heteroatoms. The summed E-state index contributed by atoms with van der Waals surface area (Å²) in [5, 5.41) is 9.54. The lowest BCUT2D eigenvalue weighted by atomic mass is 10.1. The lowest BCUT2D eigenvalue weighted by Crippen LogP contribution is -1.99. The van der Waals surface area contributed by atoms with Crippen LogP contribution < -0.4 is 4.74 Å². The number of ether oxygens (including phenoxy) is 1. The fourth-order valence-corrected chi connectivity index (χ4v) is 2.02. The first-order valence-electron chi connectivity index (χ1n) is 5.69. The highest BCUT2D eigenvalue weighted by atomic mass is 79.9. The van der Waals surface area contributed by atoms with E-state index in [-0.39, 0.29) is 12.4 Å². The molecule has 0 bridgehead atoms. The van der Waals surface area contributed by atoms with Gasteiger partial charge in [-0.15, -0.1) is 0 Å². The number of halogens is 2. The van der Waals surface area contributed by atoms with E-state index in [1.54, 1.807) is 18.2 Å². The highest BCUT2D eigenvalue weighted by molar-refractivity contribution is 9.08. The van der Waals surface area contributed by atoms with E-state index in [4.69, 9.17) is 10.00 Å². The van der Waals surface area contributed by atoms with Gasteiger partial charge in [-0.2, -0.15) is 5.26 Å². The fourth-order valence-electron chi connectivity index (χ4n) is 1.70. The normalized spacial score (nSPS) is 9.95. The molecule has 0 atom stereocenters. The average molecular weight is 320 g/mol. The van der Waals surface area contributed by atoms with Crippen molar-refractivity contribution < 1.29 is 9.13 Å². The largest absolute Gasteiger partial charge is 0.489 e. The Morgan fingerprint density at radius 2 is 2.00 bits per heavy atom. The first-order valence-corrected chi connectivity index (χ1v) is 6.81. The second-order valence-electron chi connectivity index (χ2n) is 3.99. The zero-order valence-electron chi connectivity index (χ0n) is 10.1. The van der Waals surface area contributed by atoms with Crippen LogP contribution >= 0.6 is 15.9 Å². The molecule has 96 valence electrons. The molecule has 0 saturated heterocycles. The van der Waals surface area contributed by atoms with Gasteiger partial charge in [-0.25, -0.2) is 4.39 Å². The Labute approximate surface area is 119 Å². The maximum absolute atomic E-state index is 13.3. The van der Waals surface area contributed by atoms with Crippen molar-refractivity contribution in [3.63, 3.8) is 0 Å². The first-order chi connectivity index (χ1) is 9.22. The van der Waals surface area contributed by atoms with Crippen molar-refractivity contribution in [1.82, 2.24) is 0 Å². The Morgan fingerprint density at radius 1 is 1.21 bits per heavy atom.